The molecule has 2 fully saturated rings. The number of piperidine rings is 1. The maximum Gasteiger partial charge on any atom is 0.229 e. The van der Waals surface area contributed by atoms with Crippen molar-refractivity contribution in [1.82, 2.24) is 9.97 Å². The molecule has 0 aliphatic carbocycles. The first-order chi connectivity index (χ1) is 17.4. The van der Waals surface area contributed by atoms with Crippen molar-refractivity contribution in [3.63, 3.8) is 0 Å². The standard InChI is InChI=1S/C27H29BrN6O2/c1-18-14-24(33-12-3-2-4-13-33)32-27(29-18)31-22-10-8-21(9-11-22)30-26(36)19-15-25(35)34(17-19)23-7-5-6-20(28)16-23/h5-11,14,16,19H,2-4,12-13,15,17H2,1H3,(H,30,36)(H,29,31,32)/t19-/m0/s1. The van der Waals surface area contributed by atoms with Crippen LogP contribution >= 0.6 is 15.9 Å². The monoisotopic (exact) mass is 548 g/mol. The summed E-state index contributed by atoms with van der Waals surface area (Å²) in [5.74, 6) is 0.911. The zero-order chi connectivity index (χ0) is 25.1. The van der Waals surface area contributed by atoms with E-state index < -0.39 is 5.92 Å². The fraction of sp³-hybridized carbons (Fsp3) is 0.333. The van der Waals surface area contributed by atoms with E-state index in [0.717, 1.165) is 40.4 Å². The number of nitrogens with zero attached hydrogens (tertiary/aromatic N) is 4. The number of benzene rings is 2. The van der Waals surface area contributed by atoms with E-state index >= 15 is 0 Å². The summed E-state index contributed by atoms with van der Waals surface area (Å²) >= 11 is 3.44. The molecule has 1 atom stereocenters. The number of amides is 2. The van der Waals surface area contributed by atoms with Gasteiger partial charge in [-0.1, -0.05) is 22.0 Å². The number of nitrogens with one attached hydrogen (secondary N) is 2. The van der Waals surface area contributed by atoms with Crippen LogP contribution in [0.4, 0.5) is 28.8 Å². The number of aromatic nitrogens is 2. The third kappa shape index (κ3) is 5.67. The smallest absolute Gasteiger partial charge is 0.229 e. The Morgan fingerprint density at radius 2 is 1.75 bits per heavy atom. The van der Waals surface area contributed by atoms with Gasteiger partial charge in [0.25, 0.3) is 0 Å². The Balaban J connectivity index is 1.20. The number of carbonyl (C=O) groups excluding carboxylic acids is 2. The van der Waals surface area contributed by atoms with E-state index in [1.54, 1.807) is 4.90 Å². The summed E-state index contributed by atoms with van der Waals surface area (Å²) in [7, 11) is 0. The molecule has 5 rings (SSSR count). The first-order valence-corrected chi connectivity index (χ1v) is 13.1. The second kappa shape index (κ2) is 10.7. The van der Waals surface area contributed by atoms with Gasteiger partial charge in [0.15, 0.2) is 0 Å². The van der Waals surface area contributed by atoms with Gasteiger partial charge in [0.2, 0.25) is 17.8 Å². The van der Waals surface area contributed by atoms with Gasteiger partial charge in [-0.25, -0.2) is 4.98 Å². The van der Waals surface area contributed by atoms with Crippen LogP contribution in [0.25, 0.3) is 0 Å². The molecule has 2 saturated heterocycles. The maximum atomic E-state index is 12.9. The van der Waals surface area contributed by atoms with Gasteiger partial charge < -0.3 is 20.4 Å². The van der Waals surface area contributed by atoms with Crippen molar-refractivity contribution in [2.75, 3.05) is 40.1 Å². The molecule has 186 valence electrons. The van der Waals surface area contributed by atoms with E-state index in [2.05, 4.69) is 36.4 Å². The number of hydrogen-bond acceptors (Lipinski definition) is 6. The number of carbonyl (C=O) groups is 2. The highest BCUT2D eigenvalue weighted by Crippen LogP contribution is 2.28. The Hall–Kier alpha value is -3.46. The van der Waals surface area contributed by atoms with Gasteiger partial charge in [-0.3, -0.25) is 9.59 Å². The van der Waals surface area contributed by atoms with Crippen molar-refractivity contribution in [3.05, 3.63) is 64.8 Å². The summed E-state index contributed by atoms with van der Waals surface area (Å²) in [5.41, 5.74) is 3.22. The second-order valence-electron chi connectivity index (χ2n) is 9.32. The third-order valence-corrected chi connectivity index (χ3v) is 7.04. The molecule has 0 bridgehead atoms. The molecule has 2 aromatic carbocycles. The summed E-state index contributed by atoms with van der Waals surface area (Å²) in [4.78, 5) is 38.6. The molecule has 2 aliphatic rings. The van der Waals surface area contributed by atoms with E-state index in [1.165, 1.54) is 19.3 Å². The molecule has 0 spiro atoms. The fourth-order valence-electron chi connectivity index (χ4n) is 4.68. The fourth-order valence-corrected chi connectivity index (χ4v) is 5.07. The average Bonchev–Trinajstić information content (AvgIpc) is 3.27. The Morgan fingerprint density at radius 3 is 2.50 bits per heavy atom. The van der Waals surface area contributed by atoms with Crippen LogP contribution < -0.4 is 20.4 Å². The van der Waals surface area contributed by atoms with Crippen molar-refractivity contribution < 1.29 is 9.59 Å². The lowest BCUT2D eigenvalue weighted by Gasteiger charge is -2.28. The normalized spacial score (nSPS) is 17.8. The summed E-state index contributed by atoms with van der Waals surface area (Å²) in [6.07, 6.45) is 3.85. The first-order valence-electron chi connectivity index (χ1n) is 12.3. The SMILES string of the molecule is Cc1cc(N2CCCCC2)nc(Nc2ccc(NC(=O)[C@H]3CC(=O)N(c4cccc(Br)c4)C3)cc2)n1. The molecule has 36 heavy (non-hydrogen) atoms. The van der Waals surface area contributed by atoms with Gasteiger partial charge in [-0.05, 0) is 68.7 Å². The molecular formula is C27H29BrN6O2. The van der Waals surface area contributed by atoms with Crippen LogP contribution in [-0.4, -0.2) is 41.4 Å². The zero-order valence-corrected chi connectivity index (χ0v) is 21.8. The molecular weight excluding hydrogens is 520 g/mol. The van der Waals surface area contributed by atoms with Crippen molar-refractivity contribution in [1.29, 1.82) is 0 Å². The Morgan fingerprint density at radius 1 is 1.00 bits per heavy atom. The van der Waals surface area contributed by atoms with Gasteiger partial charge in [0.1, 0.15) is 5.82 Å². The third-order valence-electron chi connectivity index (χ3n) is 6.55. The molecule has 3 heterocycles. The van der Waals surface area contributed by atoms with E-state index in [0.29, 0.717) is 18.2 Å². The number of hydrogen-bond donors (Lipinski definition) is 2. The van der Waals surface area contributed by atoms with Crippen LogP contribution in [0.2, 0.25) is 0 Å². The maximum absolute atomic E-state index is 12.9. The van der Waals surface area contributed by atoms with Gasteiger partial charge in [0.05, 0.1) is 5.92 Å². The predicted octanol–water partition coefficient (Wildman–Crippen LogP) is 5.27. The van der Waals surface area contributed by atoms with E-state index in [4.69, 9.17) is 4.98 Å². The molecule has 0 saturated carbocycles. The largest absolute Gasteiger partial charge is 0.356 e. The molecule has 2 aliphatic heterocycles. The number of halogens is 1. The van der Waals surface area contributed by atoms with E-state index in [9.17, 15) is 9.59 Å². The minimum absolute atomic E-state index is 0.0464. The number of anilines is 5. The van der Waals surface area contributed by atoms with Crippen LogP contribution in [0.15, 0.2) is 59.1 Å². The van der Waals surface area contributed by atoms with Crippen LogP contribution in [-0.2, 0) is 9.59 Å². The predicted molar refractivity (Wildman–Crippen MR) is 146 cm³/mol. The molecule has 3 aromatic rings. The topological polar surface area (TPSA) is 90.5 Å². The lowest BCUT2D eigenvalue weighted by atomic mass is 10.1. The van der Waals surface area contributed by atoms with Gasteiger partial charge in [0, 0.05) is 59.4 Å². The van der Waals surface area contributed by atoms with Gasteiger partial charge >= 0.3 is 0 Å². The summed E-state index contributed by atoms with van der Waals surface area (Å²) in [5, 5.41) is 6.22. The minimum atomic E-state index is -0.400. The van der Waals surface area contributed by atoms with Crippen LogP contribution in [0.1, 0.15) is 31.4 Å². The average molecular weight is 549 g/mol. The zero-order valence-electron chi connectivity index (χ0n) is 20.2. The molecule has 2 amide bonds. The highest BCUT2D eigenvalue weighted by Gasteiger charge is 2.35. The lowest BCUT2D eigenvalue weighted by molar-refractivity contribution is -0.122. The van der Waals surface area contributed by atoms with E-state index in [1.807, 2.05) is 61.5 Å². The minimum Gasteiger partial charge on any atom is -0.356 e. The van der Waals surface area contributed by atoms with Crippen LogP contribution in [0.5, 0.6) is 0 Å². The molecule has 0 unspecified atom stereocenters. The summed E-state index contributed by atoms with van der Waals surface area (Å²) < 4.78 is 0.896. The summed E-state index contributed by atoms with van der Waals surface area (Å²) in [6.45, 7) is 4.39. The van der Waals surface area contributed by atoms with Gasteiger partial charge in [-0.2, -0.15) is 4.98 Å². The summed E-state index contributed by atoms with van der Waals surface area (Å²) in [6, 6.07) is 17.0. The molecule has 2 N–H and O–H groups in total. The van der Waals surface area contributed by atoms with Crippen molar-refractivity contribution >= 4 is 56.6 Å². The van der Waals surface area contributed by atoms with Crippen molar-refractivity contribution in [2.24, 2.45) is 5.92 Å². The number of rotatable bonds is 6. The molecule has 8 nitrogen and oxygen atoms in total. The number of aryl methyl sites for hydroxylation is 1. The molecule has 1 aromatic heterocycles. The van der Waals surface area contributed by atoms with Gasteiger partial charge in [-0.15, -0.1) is 0 Å². The Bertz CT molecular complexity index is 1260. The van der Waals surface area contributed by atoms with Crippen LogP contribution in [0, 0.1) is 12.8 Å². The van der Waals surface area contributed by atoms with Crippen molar-refractivity contribution in [3.8, 4) is 0 Å². The highest BCUT2D eigenvalue weighted by molar-refractivity contribution is 9.10. The lowest BCUT2D eigenvalue weighted by Crippen LogP contribution is -2.30. The Kier molecular flexibility index (Phi) is 7.18. The van der Waals surface area contributed by atoms with Crippen molar-refractivity contribution in [2.45, 2.75) is 32.6 Å². The first kappa shape index (κ1) is 24.2. The van der Waals surface area contributed by atoms with Crippen LogP contribution in [0.3, 0.4) is 0 Å². The quantitative estimate of drug-likeness (QED) is 0.435. The van der Waals surface area contributed by atoms with E-state index in [-0.39, 0.29) is 18.2 Å². The molecule has 0 radical (unpaired) electrons. The highest BCUT2D eigenvalue weighted by atomic mass is 79.9. The Labute approximate surface area is 219 Å². The molecule has 9 heteroatoms. The second-order valence-corrected chi connectivity index (χ2v) is 10.2.